The molecule has 0 heterocycles. The fourth-order valence-electron chi connectivity index (χ4n) is 1.30. The number of para-hydroxylation sites is 1. The van der Waals surface area contributed by atoms with Crippen LogP contribution < -0.4 is 10.5 Å². The van der Waals surface area contributed by atoms with E-state index in [-0.39, 0.29) is 11.8 Å². The molecule has 2 nitrogen and oxygen atoms in total. The average molecular weight is 213 g/mol. The Morgan fingerprint density at radius 3 is 2.67 bits per heavy atom. The van der Waals surface area contributed by atoms with Crippen molar-refractivity contribution in [1.29, 1.82) is 0 Å². The number of hydrogen-bond acceptors (Lipinski definition) is 2. The molecule has 2 N–H and O–H groups in total. The van der Waals surface area contributed by atoms with E-state index in [9.17, 15) is 8.78 Å². The summed E-state index contributed by atoms with van der Waals surface area (Å²) in [6.07, 6.45) is 2.16. The van der Waals surface area contributed by atoms with Gasteiger partial charge >= 0.3 is 6.61 Å². The number of benzene rings is 1. The number of ether oxygens (including phenoxy) is 1. The highest BCUT2D eigenvalue weighted by Crippen LogP contribution is 2.26. The molecular formula is C11H13F2NO. The van der Waals surface area contributed by atoms with Crippen LogP contribution in [-0.2, 0) is 0 Å². The molecule has 1 rings (SSSR count). The van der Waals surface area contributed by atoms with E-state index < -0.39 is 6.61 Å². The number of rotatable bonds is 5. The molecule has 1 aromatic rings. The van der Waals surface area contributed by atoms with Gasteiger partial charge in [-0.2, -0.15) is 8.78 Å². The van der Waals surface area contributed by atoms with Crippen LogP contribution in [0.15, 0.2) is 36.9 Å². The van der Waals surface area contributed by atoms with Crippen LogP contribution in [-0.4, -0.2) is 6.61 Å². The first-order chi connectivity index (χ1) is 7.15. The summed E-state index contributed by atoms with van der Waals surface area (Å²) in [4.78, 5) is 0. The highest BCUT2D eigenvalue weighted by Gasteiger charge is 2.13. The lowest BCUT2D eigenvalue weighted by Gasteiger charge is -2.14. The van der Waals surface area contributed by atoms with Gasteiger partial charge in [0.2, 0.25) is 0 Å². The van der Waals surface area contributed by atoms with Gasteiger partial charge in [0.15, 0.2) is 0 Å². The third-order valence-electron chi connectivity index (χ3n) is 1.96. The maximum Gasteiger partial charge on any atom is 0.387 e. The molecule has 0 saturated heterocycles. The van der Waals surface area contributed by atoms with E-state index in [0.717, 1.165) is 0 Å². The molecule has 0 spiro atoms. The molecular weight excluding hydrogens is 200 g/mol. The molecule has 0 saturated carbocycles. The first kappa shape index (κ1) is 11.7. The first-order valence-electron chi connectivity index (χ1n) is 4.55. The largest absolute Gasteiger partial charge is 0.434 e. The molecule has 15 heavy (non-hydrogen) atoms. The summed E-state index contributed by atoms with van der Waals surface area (Å²) >= 11 is 0. The lowest BCUT2D eigenvalue weighted by molar-refractivity contribution is -0.0506. The molecule has 0 unspecified atom stereocenters. The Labute approximate surface area is 87.4 Å². The molecule has 0 aromatic heterocycles. The lowest BCUT2D eigenvalue weighted by atomic mass is 10.0. The molecule has 0 aliphatic carbocycles. The summed E-state index contributed by atoms with van der Waals surface area (Å²) in [5, 5.41) is 0. The second-order valence-electron chi connectivity index (χ2n) is 3.05. The molecule has 4 heteroatoms. The van der Waals surface area contributed by atoms with Crippen LogP contribution in [0, 0.1) is 0 Å². The van der Waals surface area contributed by atoms with Crippen LogP contribution >= 0.6 is 0 Å². The van der Waals surface area contributed by atoms with Crippen molar-refractivity contribution in [3.8, 4) is 5.75 Å². The molecule has 0 bridgehead atoms. The second-order valence-corrected chi connectivity index (χ2v) is 3.05. The molecule has 1 aromatic carbocycles. The highest BCUT2D eigenvalue weighted by atomic mass is 19.3. The van der Waals surface area contributed by atoms with Gasteiger partial charge in [-0.3, -0.25) is 0 Å². The van der Waals surface area contributed by atoms with Gasteiger partial charge in [0, 0.05) is 11.6 Å². The van der Waals surface area contributed by atoms with Crippen LogP contribution in [0.2, 0.25) is 0 Å². The van der Waals surface area contributed by atoms with Crippen LogP contribution in [0.1, 0.15) is 18.0 Å². The third-order valence-corrected chi connectivity index (χ3v) is 1.96. The molecule has 1 atom stereocenters. The van der Waals surface area contributed by atoms with Gasteiger partial charge in [-0.15, -0.1) is 6.58 Å². The minimum Gasteiger partial charge on any atom is -0.434 e. The zero-order chi connectivity index (χ0) is 11.3. The average Bonchev–Trinajstić information content (AvgIpc) is 2.18. The summed E-state index contributed by atoms with van der Waals surface area (Å²) in [5.74, 6) is 0.127. The van der Waals surface area contributed by atoms with Gasteiger partial charge in [-0.25, -0.2) is 0 Å². The summed E-state index contributed by atoms with van der Waals surface area (Å²) in [7, 11) is 0. The van der Waals surface area contributed by atoms with Gasteiger partial charge in [-0.05, 0) is 12.5 Å². The van der Waals surface area contributed by atoms with Crippen molar-refractivity contribution in [1.82, 2.24) is 0 Å². The van der Waals surface area contributed by atoms with Crippen LogP contribution in [0.25, 0.3) is 0 Å². The zero-order valence-electron chi connectivity index (χ0n) is 8.20. The second kappa shape index (κ2) is 5.46. The van der Waals surface area contributed by atoms with Crippen LogP contribution in [0.4, 0.5) is 8.78 Å². The fraction of sp³-hybridized carbons (Fsp3) is 0.273. The monoisotopic (exact) mass is 213 g/mol. The molecule has 0 amide bonds. The van der Waals surface area contributed by atoms with Crippen molar-refractivity contribution in [2.45, 2.75) is 19.1 Å². The van der Waals surface area contributed by atoms with Gasteiger partial charge in [-0.1, -0.05) is 24.3 Å². The maximum absolute atomic E-state index is 12.1. The van der Waals surface area contributed by atoms with Crippen molar-refractivity contribution >= 4 is 0 Å². The number of alkyl halides is 2. The predicted molar refractivity (Wildman–Crippen MR) is 54.8 cm³/mol. The maximum atomic E-state index is 12.1. The predicted octanol–water partition coefficient (Wildman–Crippen LogP) is 2.86. The summed E-state index contributed by atoms with van der Waals surface area (Å²) in [6, 6.07) is 6.15. The van der Waals surface area contributed by atoms with Crippen molar-refractivity contribution in [2.75, 3.05) is 0 Å². The number of hydrogen-bond donors (Lipinski definition) is 1. The molecule has 0 aliphatic rings. The summed E-state index contributed by atoms with van der Waals surface area (Å²) < 4.78 is 28.5. The van der Waals surface area contributed by atoms with Gasteiger partial charge in [0.1, 0.15) is 5.75 Å². The smallest absolute Gasteiger partial charge is 0.387 e. The lowest BCUT2D eigenvalue weighted by Crippen LogP contribution is -2.12. The zero-order valence-corrected chi connectivity index (χ0v) is 8.20. The van der Waals surface area contributed by atoms with E-state index in [0.29, 0.717) is 12.0 Å². The highest BCUT2D eigenvalue weighted by molar-refractivity contribution is 5.36. The minimum absolute atomic E-state index is 0.127. The van der Waals surface area contributed by atoms with Gasteiger partial charge < -0.3 is 10.5 Å². The Balaban J connectivity index is 2.89. The van der Waals surface area contributed by atoms with Gasteiger partial charge in [0.25, 0.3) is 0 Å². The summed E-state index contributed by atoms with van der Waals surface area (Å²) in [6.45, 7) is 0.716. The Kier molecular flexibility index (Phi) is 4.24. The normalized spacial score (nSPS) is 12.5. The Morgan fingerprint density at radius 2 is 2.07 bits per heavy atom. The minimum atomic E-state index is -2.83. The molecule has 82 valence electrons. The van der Waals surface area contributed by atoms with E-state index in [2.05, 4.69) is 11.3 Å². The Hall–Kier alpha value is -1.42. The van der Waals surface area contributed by atoms with Gasteiger partial charge in [0.05, 0.1) is 0 Å². The quantitative estimate of drug-likeness (QED) is 0.763. The molecule has 0 radical (unpaired) electrons. The van der Waals surface area contributed by atoms with E-state index in [1.54, 1.807) is 24.3 Å². The summed E-state index contributed by atoms with van der Waals surface area (Å²) in [5.41, 5.74) is 6.35. The number of halogens is 2. The van der Waals surface area contributed by atoms with Crippen LogP contribution in [0.3, 0.4) is 0 Å². The van der Waals surface area contributed by atoms with Crippen molar-refractivity contribution in [3.63, 3.8) is 0 Å². The molecule has 0 fully saturated rings. The van der Waals surface area contributed by atoms with Crippen molar-refractivity contribution in [3.05, 3.63) is 42.5 Å². The molecule has 0 aliphatic heterocycles. The van der Waals surface area contributed by atoms with Crippen molar-refractivity contribution in [2.24, 2.45) is 5.73 Å². The first-order valence-corrected chi connectivity index (χ1v) is 4.55. The number of nitrogens with two attached hydrogens (primary N) is 1. The fourth-order valence-corrected chi connectivity index (χ4v) is 1.30. The standard InChI is InChI=1S/C11H13F2NO/c1-2-5-9(14)8-6-3-4-7-10(8)15-11(12)13/h2-4,6-7,9,11H,1,5,14H2/t9-/m1/s1. The third kappa shape index (κ3) is 3.32. The van der Waals surface area contributed by atoms with E-state index >= 15 is 0 Å². The Morgan fingerprint density at radius 1 is 1.40 bits per heavy atom. The topological polar surface area (TPSA) is 35.2 Å². The van der Waals surface area contributed by atoms with E-state index in [1.807, 2.05) is 0 Å². The SMILES string of the molecule is C=CC[C@@H](N)c1ccccc1OC(F)F. The van der Waals surface area contributed by atoms with E-state index in [4.69, 9.17) is 5.73 Å². The van der Waals surface area contributed by atoms with E-state index in [1.165, 1.54) is 6.07 Å². The van der Waals surface area contributed by atoms with Crippen molar-refractivity contribution < 1.29 is 13.5 Å². The van der Waals surface area contributed by atoms with Crippen LogP contribution in [0.5, 0.6) is 5.75 Å². The Bertz CT molecular complexity index is 328.